The topological polar surface area (TPSA) is 71.7 Å². The fourth-order valence-electron chi connectivity index (χ4n) is 5.53. The third kappa shape index (κ3) is 2.74. The van der Waals surface area contributed by atoms with Crippen molar-refractivity contribution in [1.82, 2.24) is 4.57 Å². The van der Waals surface area contributed by atoms with E-state index in [2.05, 4.69) is 18.4 Å². The third-order valence-corrected chi connectivity index (χ3v) is 7.14. The minimum absolute atomic E-state index is 0.138. The average molecular weight is 423 g/mol. The van der Waals surface area contributed by atoms with Crippen molar-refractivity contribution in [2.24, 2.45) is 5.41 Å². The number of aliphatic carboxylic acids is 1. The number of carbonyl (C=O) groups is 1. The molecule has 1 aromatic heterocycles. The van der Waals surface area contributed by atoms with E-state index in [0.717, 1.165) is 22.5 Å². The zero-order valence-corrected chi connectivity index (χ0v) is 17.9. The van der Waals surface area contributed by atoms with Crippen molar-refractivity contribution in [3.63, 3.8) is 0 Å². The van der Waals surface area contributed by atoms with E-state index < -0.39 is 22.4 Å². The minimum atomic E-state index is -0.895. The Hall–Kier alpha value is -2.86. The number of aromatic nitrogens is 1. The maximum atomic E-state index is 13.7. The Balaban J connectivity index is 1.88. The second kappa shape index (κ2) is 6.33. The van der Waals surface area contributed by atoms with Crippen molar-refractivity contribution in [2.45, 2.75) is 51.0 Å². The predicted molar refractivity (Wildman–Crippen MR) is 115 cm³/mol. The molecule has 6 heteroatoms. The molecule has 162 valence electrons. The van der Waals surface area contributed by atoms with Crippen LogP contribution in [-0.4, -0.2) is 27.4 Å². The van der Waals surface area contributed by atoms with Crippen LogP contribution in [0.4, 0.5) is 4.39 Å². The lowest BCUT2D eigenvalue weighted by molar-refractivity contribution is -0.150. The van der Waals surface area contributed by atoms with Gasteiger partial charge >= 0.3 is 5.97 Å². The molecule has 5 nitrogen and oxygen atoms in total. The molecule has 1 saturated carbocycles. The molecule has 5 rings (SSSR count). The number of aromatic hydroxyl groups is 1. The first kappa shape index (κ1) is 20.1. The van der Waals surface area contributed by atoms with Gasteiger partial charge in [0.25, 0.3) is 0 Å². The molecule has 1 aliphatic heterocycles. The molecule has 1 aliphatic carbocycles. The summed E-state index contributed by atoms with van der Waals surface area (Å²) in [5.74, 6) is -1.01. The maximum absolute atomic E-state index is 13.7. The van der Waals surface area contributed by atoms with E-state index in [4.69, 9.17) is 4.74 Å². The van der Waals surface area contributed by atoms with Crippen LogP contribution in [0.3, 0.4) is 0 Å². The van der Waals surface area contributed by atoms with Gasteiger partial charge in [-0.2, -0.15) is 0 Å². The fourth-order valence-corrected chi connectivity index (χ4v) is 5.53. The number of benzene rings is 2. The molecule has 2 heterocycles. The number of rotatable bonds is 2. The summed E-state index contributed by atoms with van der Waals surface area (Å²) in [6.45, 7) is 6.36. The average Bonchev–Trinajstić information content (AvgIpc) is 3.26. The summed E-state index contributed by atoms with van der Waals surface area (Å²) in [7, 11) is 0. The van der Waals surface area contributed by atoms with E-state index in [1.807, 2.05) is 6.07 Å². The largest absolute Gasteiger partial charge is 0.507 e. The zero-order valence-electron chi connectivity index (χ0n) is 17.9. The lowest BCUT2D eigenvalue weighted by Gasteiger charge is -2.43. The van der Waals surface area contributed by atoms with Crippen LogP contribution in [-0.2, 0) is 20.5 Å². The Kier molecular flexibility index (Phi) is 4.10. The van der Waals surface area contributed by atoms with Gasteiger partial charge in [-0.05, 0) is 62.6 Å². The molecule has 31 heavy (non-hydrogen) atoms. The van der Waals surface area contributed by atoms with Crippen LogP contribution in [0.15, 0.2) is 42.5 Å². The van der Waals surface area contributed by atoms with Crippen LogP contribution in [0, 0.1) is 11.2 Å². The molecule has 2 aromatic carbocycles. The van der Waals surface area contributed by atoms with Crippen molar-refractivity contribution in [3.05, 3.63) is 59.5 Å². The summed E-state index contributed by atoms with van der Waals surface area (Å²) in [6, 6.07) is 11.7. The molecule has 1 fully saturated rings. The number of nitrogens with zero attached hydrogens (tertiary/aromatic N) is 1. The van der Waals surface area contributed by atoms with Crippen molar-refractivity contribution in [3.8, 4) is 11.4 Å². The highest BCUT2D eigenvalue weighted by Gasteiger charge is 2.57. The molecular formula is C25H26FNO4. The number of carboxylic acid groups (broad SMARTS) is 1. The molecule has 0 radical (unpaired) electrons. The highest BCUT2D eigenvalue weighted by molar-refractivity contribution is 5.94. The lowest BCUT2D eigenvalue weighted by atomic mass is 9.75. The van der Waals surface area contributed by atoms with Crippen LogP contribution >= 0.6 is 0 Å². The monoisotopic (exact) mass is 423 g/mol. The zero-order chi connectivity index (χ0) is 22.2. The fraction of sp³-hybridized carbons (Fsp3) is 0.400. The Bertz CT molecular complexity index is 1210. The molecule has 2 unspecified atom stereocenters. The standard InChI is InChI=1S/C25H26FNO4/c1-23(2)14-31-25(12-11-24(3,13-25)22(29)30)20-19-17(5-4-6-18(19)28)27(21(20)23)16-9-7-15(26)8-10-16/h4-10,28H,11-14H2,1-3H3,(H,29,30). The normalized spacial score (nSPS) is 27.0. The quantitative estimate of drug-likeness (QED) is 0.590. The van der Waals surface area contributed by atoms with Gasteiger partial charge in [0.2, 0.25) is 0 Å². The SMILES string of the molecule is CC1(C(=O)O)CCC2(C1)OCC(C)(C)c1c2c2c(O)cccc2n1-c1ccc(F)cc1. The number of ether oxygens (including phenoxy) is 1. The van der Waals surface area contributed by atoms with Gasteiger partial charge < -0.3 is 19.5 Å². The third-order valence-electron chi connectivity index (χ3n) is 7.14. The van der Waals surface area contributed by atoms with E-state index in [1.165, 1.54) is 12.1 Å². The summed E-state index contributed by atoms with van der Waals surface area (Å²) in [4.78, 5) is 12.0. The van der Waals surface area contributed by atoms with E-state index >= 15 is 0 Å². The smallest absolute Gasteiger partial charge is 0.309 e. The molecule has 2 atom stereocenters. The van der Waals surface area contributed by atoms with E-state index in [-0.39, 0.29) is 11.6 Å². The van der Waals surface area contributed by atoms with Crippen LogP contribution in [0.5, 0.6) is 5.75 Å². The first-order valence-corrected chi connectivity index (χ1v) is 10.6. The molecule has 0 bridgehead atoms. The summed E-state index contributed by atoms with van der Waals surface area (Å²) in [5.41, 5.74) is 1.36. The first-order chi connectivity index (χ1) is 14.6. The van der Waals surface area contributed by atoms with Gasteiger partial charge in [-0.1, -0.05) is 19.9 Å². The first-order valence-electron chi connectivity index (χ1n) is 10.6. The highest BCUT2D eigenvalue weighted by atomic mass is 19.1. The minimum Gasteiger partial charge on any atom is -0.507 e. The van der Waals surface area contributed by atoms with Crippen LogP contribution in [0.1, 0.15) is 51.3 Å². The highest BCUT2D eigenvalue weighted by Crippen LogP contribution is 2.59. The van der Waals surface area contributed by atoms with Crippen LogP contribution in [0.25, 0.3) is 16.6 Å². The second-order valence-electron chi connectivity index (χ2n) is 9.92. The van der Waals surface area contributed by atoms with Gasteiger partial charge in [0.1, 0.15) is 11.6 Å². The molecular weight excluding hydrogens is 397 g/mol. The summed E-state index contributed by atoms with van der Waals surface area (Å²) in [5, 5.41) is 21.5. The van der Waals surface area contributed by atoms with Gasteiger partial charge in [-0.25, -0.2) is 4.39 Å². The number of phenols is 1. The molecule has 2 aliphatic rings. The van der Waals surface area contributed by atoms with Gasteiger partial charge in [-0.15, -0.1) is 0 Å². The summed E-state index contributed by atoms with van der Waals surface area (Å²) < 4.78 is 22.2. The van der Waals surface area contributed by atoms with Crippen LogP contribution in [0.2, 0.25) is 0 Å². The summed E-state index contributed by atoms with van der Waals surface area (Å²) in [6.07, 6.45) is 1.41. The van der Waals surface area contributed by atoms with E-state index in [9.17, 15) is 19.4 Å². The van der Waals surface area contributed by atoms with Crippen molar-refractivity contribution in [1.29, 1.82) is 0 Å². The van der Waals surface area contributed by atoms with Crippen molar-refractivity contribution < 1.29 is 24.1 Å². The Morgan fingerprint density at radius 3 is 2.45 bits per heavy atom. The number of hydrogen-bond acceptors (Lipinski definition) is 3. The van der Waals surface area contributed by atoms with Gasteiger partial charge in [0, 0.05) is 27.7 Å². The molecule has 3 aromatic rings. The molecule has 0 amide bonds. The maximum Gasteiger partial charge on any atom is 0.309 e. The van der Waals surface area contributed by atoms with Gasteiger partial charge in [0.05, 0.1) is 23.1 Å². The number of carboxylic acids is 1. The Labute approximate surface area is 180 Å². The molecule has 1 spiro atoms. The van der Waals surface area contributed by atoms with Gasteiger partial charge in [0.15, 0.2) is 0 Å². The number of fused-ring (bicyclic) bond motifs is 4. The van der Waals surface area contributed by atoms with Gasteiger partial charge in [-0.3, -0.25) is 4.79 Å². The van der Waals surface area contributed by atoms with Crippen LogP contribution < -0.4 is 0 Å². The Morgan fingerprint density at radius 2 is 1.81 bits per heavy atom. The van der Waals surface area contributed by atoms with E-state index in [0.29, 0.717) is 31.3 Å². The van der Waals surface area contributed by atoms with Crippen molar-refractivity contribution >= 4 is 16.9 Å². The number of phenolic OH excluding ortho intramolecular Hbond substituents is 1. The summed E-state index contributed by atoms with van der Waals surface area (Å²) >= 11 is 0. The Morgan fingerprint density at radius 1 is 1.10 bits per heavy atom. The predicted octanol–water partition coefficient (Wildman–Crippen LogP) is 5.25. The number of hydrogen-bond donors (Lipinski definition) is 2. The molecule has 2 N–H and O–H groups in total. The lowest BCUT2D eigenvalue weighted by Crippen LogP contribution is -2.43. The second-order valence-corrected chi connectivity index (χ2v) is 9.92. The molecule has 0 saturated heterocycles. The number of halogens is 1. The van der Waals surface area contributed by atoms with E-state index in [1.54, 1.807) is 31.2 Å². The van der Waals surface area contributed by atoms with Crippen molar-refractivity contribution in [2.75, 3.05) is 6.61 Å².